The number of urea groups is 1. The van der Waals surface area contributed by atoms with E-state index in [1.807, 2.05) is 39.0 Å². The van der Waals surface area contributed by atoms with Gasteiger partial charge in [0, 0.05) is 11.1 Å². The molecular formula is C17H20ClN3O3. The van der Waals surface area contributed by atoms with Crippen LogP contribution in [-0.4, -0.2) is 29.4 Å². The van der Waals surface area contributed by atoms with E-state index in [0.717, 1.165) is 11.1 Å². The van der Waals surface area contributed by atoms with Crippen LogP contribution in [0.15, 0.2) is 18.2 Å². The zero-order chi connectivity index (χ0) is 17.7. The molecule has 0 atom stereocenters. The monoisotopic (exact) mass is 349 g/mol. The number of hydrogen-bond donors (Lipinski definition) is 3. The van der Waals surface area contributed by atoms with Crippen LogP contribution in [0.5, 0.6) is 0 Å². The molecule has 24 heavy (non-hydrogen) atoms. The van der Waals surface area contributed by atoms with E-state index in [1.54, 1.807) is 0 Å². The second-order valence-corrected chi connectivity index (χ2v) is 7.57. The molecule has 1 aromatic carbocycles. The van der Waals surface area contributed by atoms with Gasteiger partial charge in [-0.05, 0) is 50.8 Å². The molecule has 1 saturated heterocycles. The maximum Gasteiger partial charge on any atom is 0.322 e. The first-order valence-corrected chi connectivity index (χ1v) is 8.23. The van der Waals surface area contributed by atoms with Gasteiger partial charge in [-0.25, -0.2) is 4.79 Å². The summed E-state index contributed by atoms with van der Waals surface area (Å²) in [5.41, 5.74) is 0.185. The first-order valence-electron chi connectivity index (χ1n) is 7.85. The van der Waals surface area contributed by atoms with Crippen LogP contribution in [0.25, 0.3) is 0 Å². The summed E-state index contributed by atoms with van der Waals surface area (Å²) in [6.07, 6.45) is 0.808. The average Bonchev–Trinajstić information content (AvgIpc) is 2.76. The van der Waals surface area contributed by atoms with E-state index in [9.17, 15) is 14.4 Å². The number of imide groups is 1. The Labute approximate surface area is 145 Å². The van der Waals surface area contributed by atoms with Gasteiger partial charge in [0.2, 0.25) is 5.91 Å². The van der Waals surface area contributed by atoms with Crippen molar-refractivity contribution in [1.82, 2.24) is 16.0 Å². The summed E-state index contributed by atoms with van der Waals surface area (Å²) in [7, 11) is 0. The summed E-state index contributed by atoms with van der Waals surface area (Å²) in [5, 5.41) is 8.46. The Morgan fingerprint density at radius 2 is 2.00 bits per heavy atom. The molecule has 128 valence electrons. The highest BCUT2D eigenvalue weighted by Gasteiger charge is 2.56. The van der Waals surface area contributed by atoms with Crippen molar-refractivity contribution in [2.75, 3.05) is 0 Å². The fourth-order valence-corrected chi connectivity index (χ4v) is 3.36. The van der Waals surface area contributed by atoms with Gasteiger partial charge in [-0.3, -0.25) is 14.9 Å². The van der Waals surface area contributed by atoms with E-state index < -0.39 is 17.0 Å². The average molecular weight is 350 g/mol. The molecule has 1 heterocycles. The van der Waals surface area contributed by atoms with Crippen molar-refractivity contribution in [3.8, 4) is 0 Å². The van der Waals surface area contributed by atoms with E-state index >= 15 is 0 Å². The van der Waals surface area contributed by atoms with Gasteiger partial charge >= 0.3 is 6.03 Å². The Balaban J connectivity index is 1.66. The number of carbonyl (C=O) groups excluding carboxylic acids is 3. The lowest BCUT2D eigenvalue weighted by Crippen LogP contribution is -2.64. The maximum atomic E-state index is 12.7. The lowest BCUT2D eigenvalue weighted by molar-refractivity contribution is -0.132. The summed E-state index contributed by atoms with van der Waals surface area (Å²) < 4.78 is 0. The van der Waals surface area contributed by atoms with Crippen LogP contribution in [0.4, 0.5) is 4.79 Å². The molecule has 1 saturated carbocycles. The highest BCUT2D eigenvalue weighted by molar-refractivity contribution is 6.31. The molecule has 0 radical (unpaired) electrons. The molecule has 4 amide bonds. The normalized spacial score (nSPS) is 25.9. The maximum absolute atomic E-state index is 12.7. The third-order valence-corrected chi connectivity index (χ3v) is 5.41. The van der Waals surface area contributed by atoms with Gasteiger partial charge in [0.15, 0.2) is 0 Å². The predicted octanol–water partition coefficient (Wildman–Crippen LogP) is 1.78. The molecule has 2 aliphatic rings. The number of aryl methyl sites for hydroxylation is 1. The SMILES string of the molecule is Cc1ccc(C(C)(C)C(=O)NC2CC3(C2)NC(=O)NC3=O)cc1Cl. The van der Waals surface area contributed by atoms with E-state index in [4.69, 9.17) is 11.6 Å². The van der Waals surface area contributed by atoms with E-state index in [1.165, 1.54) is 0 Å². The van der Waals surface area contributed by atoms with Crippen LogP contribution >= 0.6 is 11.6 Å². The van der Waals surface area contributed by atoms with Crippen molar-refractivity contribution in [2.24, 2.45) is 0 Å². The topological polar surface area (TPSA) is 87.3 Å². The van der Waals surface area contributed by atoms with E-state index in [-0.39, 0.29) is 17.9 Å². The first-order chi connectivity index (χ1) is 11.1. The highest BCUT2D eigenvalue weighted by atomic mass is 35.5. The van der Waals surface area contributed by atoms with E-state index in [2.05, 4.69) is 16.0 Å². The molecule has 0 unspecified atom stereocenters. The standard InChI is InChI=1S/C17H20ClN3O3/c1-9-4-5-10(6-12(9)18)16(2,3)13(22)19-11-7-17(8-11)14(23)20-15(24)21-17/h4-6,11H,7-8H2,1-3H3,(H,19,22)(H2,20,21,23,24). The number of carbonyl (C=O) groups is 3. The number of nitrogens with one attached hydrogen (secondary N) is 3. The van der Waals surface area contributed by atoms with Crippen LogP contribution in [0.3, 0.4) is 0 Å². The zero-order valence-corrected chi connectivity index (χ0v) is 14.6. The van der Waals surface area contributed by atoms with Gasteiger partial charge in [-0.2, -0.15) is 0 Å². The largest absolute Gasteiger partial charge is 0.352 e. The second kappa shape index (κ2) is 5.48. The van der Waals surface area contributed by atoms with Gasteiger partial charge < -0.3 is 10.6 Å². The molecule has 0 bridgehead atoms. The molecule has 1 aliphatic heterocycles. The third kappa shape index (κ3) is 2.65. The Kier molecular flexibility index (Phi) is 3.83. The lowest BCUT2D eigenvalue weighted by atomic mass is 9.72. The Morgan fingerprint density at radius 1 is 1.33 bits per heavy atom. The van der Waals surface area contributed by atoms with Gasteiger partial charge in [-0.1, -0.05) is 23.7 Å². The summed E-state index contributed by atoms with van der Waals surface area (Å²) in [6, 6.07) is 4.99. The fourth-order valence-electron chi connectivity index (χ4n) is 3.18. The summed E-state index contributed by atoms with van der Waals surface area (Å²) in [4.78, 5) is 35.7. The Hall–Kier alpha value is -2.08. The molecule has 3 N–H and O–H groups in total. The molecule has 1 spiro atoms. The Morgan fingerprint density at radius 3 is 2.54 bits per heavy atom. The molecular weight excluding hydrogens is 330 g/mol. The van der Waals surface area contributed by atoms with Crippen molar-refractivity contribution in [2.45, 2.75) is 50.6 Å². The summed E-state index contributed by atoms with van der Waals surface area (Å²) in [6.45, 7) is 5.58. The van der Waals surface area contributed by atoms with Gasteiger partial charge in [-0.15, -0.1) is 0 Å². The molecule has 3 rings (SSSR count). The lowest BCUT2D eigenvalue weighted by Gasteiger charge is -2.43. The molecule has 1 aromatic rings. The van der Waals surface area contributed by atoms with Gasteiger partial charge in [0.1, 0.15) is 5.54 Å². The van der Waals surface area contributed by atoms with Crippen molar-refractivity contribution in [1.29, 1.82) is 0 Å². The van der Waals surface area contributed by atoms with Crippen LogP contribution in [0.2, 0.25) is 5.02 Å². The van der Waals surface area contributed by atoms with Crippen LogP contribution in [-0.2, 0) is 15.0 Å². The summed E-state index contributed by atoms with van der Waals surface area (Å²) >= 11 is 6.16. The molecule has 0 aromatic heterocycles. The zero-order valence-electron chi connectivity index (χ0n) is 13.8. The minimum Gasteiger partial charge on any atom is -0.352 e. The Bertz CT molecular complexity index is 739. The third-order valence-electron chi connectivity index (χ3n) is 5.00. The van der Waals surface area contributed by atoms with Gasteiger partial charge in [0.25, 0.3) is 5.91 Å². The minimum absolute atomic E-state index is 0.132. The van der Waals surface area contributed by atoms with Crippen molar-refractivity contribution in [3.05, 3.63) is 34.3 Å². The predicted molar refractivity (Wildman–Crippen MR) is 89.8 cm³/mol. The molecule has 1 aliphatic carbocycles. The molecule has 2 fully saturated rings. The van der Waals surface area contributed by atoms with Crippen LogP contribution < -0.4 is 16.0 Å². The van der Waals surface area contributed by atoms with Crippen molar-refractivity contribution in [3.63, 3.8) is 0 Å². The number of hydrogen-bond acceptors (Lipinski definition) is 3. The summed E-state index contributed by atoms with van der Waals surface area (Å²) in [5.74, 6) is -0.449. The van der Waals surface area contributed by atoms with Crippen LogP contribution in [0.1, 0.15) is 37.8 Å². The van der Waals surface area contributed by atoms with Crippen molar-refractivity contribution < 1.29 is 14.4 Å². The second-order valence-electron chi connectivity index (χ2n) is 7.16. The number of rotatable bonds is 3. The quantitative estimate of drug-likeness (QED) is 0.727. The minimum atomic E-state index is -0.855. The highest BCUT2D eigenvalue weighted by Crippen LogP contribution is 2.36. The number of halogens is 1. The molecule has 6 nitrogen and oxygen atoms in total. The van der Waals surface area contributed by atoms with Crippen molar-refractivity contribution >= 4 is 29.4 Å². The first kappa shape index (κ1) is 16.8. The fraction of sp³-hybridized carbons (Fsp3) is 0.471. The van der Waals surface area contributed by atoms with Gasteiger partial charge in [0.05, 0.1) is 5.41 Å². The number of benzene rings is 1. The van der Waals surface area contributed by atoms with E-state index in [0.29, 0.717) is 17.9 Å². The smallest absolute Gasteiger partial charge is 0.322 e. The number of amides is 4. The van der Waals surface area contributed by atoms with Crippen LogP contribution in [0, 0.1) is 6.92 Å². The molecule has 7 heteroatoms.